The Balaban J connectivity index is -0.000000369. The number of alkyl halides is 9. The van der Waals surface area contributed by atoms with Crippen LogP contribution >= 0.6 is 0 Å². The van der Waals surface area contributed by atoms with Gasteiger partial charge < -0.3 is 28.4 Å². The standard InChI is InChI=1S/C12H17F5O4.C12H20F2O4.C11H18F2O4.CH4/c1-4-7(3)9(18)21-8(5-2)12(16,17)10(19)20-6-11(13,14)15;1-6-8(12(13,14)10(16)17-5)18-9(15)11(3,4)7-2;1-5-7(3)9(14)17-8(6-2)11(12,13)10(15)16-4;/h7-8H,4-6H2,1-3H3;8H,6-7H2,1-5H3;7-8H,5-6H2,1-4H3;1H4. The number of hydrogen-bond acceptors (Lipinski definition) is 12. The summed E-state index contributed by atoms with van der Waals surface area (Å²) in [5.74, 6) is -21.3. The molecule has 0 aromatic carbocycles. The number of halogens is 9. The molecule has 0 amide bonds. The van der Waals surface area contributed by atoms with Crippen LogP contribution in [0.3, 0.4) is 0 Å². The van der Waals surface area contributed by atoms with Crippen LogP contribution in [0.15, 0.2) is 0 Å². The van der Waals surface area contributed by atoms with Crippen LogP contribution in [0.25, 0.3) is 0 Å². The predicted molar refractivity (Wildman–Crippen MR) is 186 cm³/mol. The molecule has 0 aliphatic rings. The fraction of sp³-hybridized carbons (Fsp3) is 0.833. The first-order valence-corrected chi connectivity index (χ1v) is 17.6. The third kappa shape index (κ3) is 19.9. The molecule has 0 spiro atoms. The zero-order valence-corrected chi connectivity index (χ0v) is 33.6. The van der Waals surface area contributed by atoms with Gasteiger partial charge in [0.2, 0.25) is 0 Å². The smallest absolute Gasteiger partial charge is 0.422 e. The van der Waals surface area contributed by atoms with E-state index in [1.54, 1.807) is 41.5 Å². The molecule has 5 unspecified atom stereocenters. The van der Waals surface area contributed by atoms with Crippen LogP contribution in [0.4, 0.5) is 39.5 Å². The molecule has 0 aliphatic carbocycles. The molecule has 0 bridgehead atoms. The van der Waals surface area contributed by atoms with Crippen LogP contribution in [0.2, 0.25) is 0 Å². The molecule has 0 saturated heterocycles. The Morgan fingerprint density at radius 3 is 1.04 bits per heavy atom. The molecule has 0 saturated carbocycles. The second-order valence-corrected chi connectivity index (χ2v) is 12.9. The maximum Gasteiger partial charge on any atom is 0.422 e. The quantitative estimate of drug-likeness (QED) is 0.0695. The summed E-state index contributed by atoms with van der Waals surface area (Å²) in [6, 6.07) is 0. The van der Waals surface area contributed by atoms with Gasteiger partial charge in [0.1, 0.15) is 0 Å². The monoisotopic (exact) mass is 854 g/mol. The van der Waals surface area contributed by atoms with Crippen molar-refractivity contribution in [3.8, 4) is 0 Å². The zero-order chi connectivity index (χ0) is 45.0. The number of carbonyl (C=O) groups is 6. The highest BCUT2D eigenvalue weighted by atomic mass is 19.4. The van der Waals surface area contributed by atoms with Crippen molar-refractivity contribution in [1.82, 2.24) is 0 Å². The molecule has 0 heterocycles. The van der Waals surface area contributed by atoms with Gasteiger partial charge >= 0.3 is 59.8 Å². The lowest BCUT2D eigenvalue weighted by atomic mass is 9.90. The number of ether oxygens (including phenoxy) is 6. The van der Waals surface area contributed by atoms with Crippen molar-refractivity contribution in [1.29, 1.82) is 0 Å². The van der Waals surface area contributed by atoms with E-state index >= 15 is 0 Å². The van der Waals surface area contributed by atoms with Gasteiger partial charge in [-0.2, -0.15) is 39.5 Å². The Labute approximate surface area is 328 Å². The van der Waals surface area contributed by atoms with Crippen molar-refractivity contribution >= 4 is 35.8 Å². The molecule has 0 aliphatic heterocycles. The number of rotatable bonds is 19. The largest absolute Gasteiger partial charge is 0.464 e. The SMILES string of the molecule is C.CCC(C)C(=O)OC(CC)C(F)(F)C(=O)OC.CCC(C)C(=O)OC(CC)C(F)(F)C(=O)OCC(F)(F)F.CCC(OC(=O)C(C)(C)CC)C(F)(F)C(=O)OC. The molecular formula is C36H59F9O12. The lowest BCUT2D eigenvalue weighted by Crippen LogP contribution is -2.46. The van der Waals surface area contributed by atoms with Gasteiger partial charge in [-0.05, 0) is 52.4 Å². The van der Waals surface area contributed by atoms with E-state index in [2.05, 4.69) is 23.7 Å². The first-order valence-electron chi connectivity index (χ1n) is 17.6. The first kappa shape index (κ1) is 59.9. The molecule has 21 heteroatoms. The van der Waals surface area contributed by atoms with Gasteiger partial charge in [0, 0.05) is 0 Å². The molecule has 12 nitrogen and oxygen atoms in total. The van der Waals surface area contributed by atoms with E-state index in [0.29, 0.717) is 19.3 Å². The average molecular weight is 855 g/mol. The van der Waals surface area contributed by atoms with Crippen molar-refractivity contribution < 1.29 is 96.7 Å². The average Bonchev–Trinajstić information content (AvgIpc) is 3.14. The van der Waals surface area contributed by atoms with Gasteiger partial charge in [0.15, 0.2) is 24.9 Å². The van der Waals surface area contributed by atoms with Gasteiger partial charge in [0.05, 0.1) is 31.5 Å². The topological polar surface area (TPSA) is 158 Å². The van der Waals surface area contributed by atoms with Crippen molar-refractivity contribution in [2.24, 2.45) is 17.3 Å². The Morgan fingerprint density at radius 1 is 0.491 bits per heavy atom. The Bertz CT molecular complexity index is 1260. The Kier molecular flexibility index (Phi) is 27.6. The van der Waals surface area contributed by atoms with Crippen LogP contribution in [0, 0.1) is 17.3 Å². The van der Waals surface area contributed by atoms with E-state index in [-0.39, 0.29) is 20.3 Å². The molecule has 0 rings (SSSR count). The van der Waals surface area contributed by atoms with Crippen LogP contribution in [0.5, 0.6) is 0 Å². The van der Waals surface area contributed by atoms with E-state index in [0.717, 1.165) is 14.2 Å². The maximum absolute atomic E-state index is 13.7. The van der Waals surface area contributed by atoms with E-state index in [9.17, 15) is 68.3 Å². The fourth-order valence-electron chi connectivity index (χ4n) is 3.43. The Hall–Kier alpha value is -3.81. The van der Waals surface area contributed by atoms with E-state index in [4.69, 9.17) is 4.74 Å². The third-order valence-electron chi connectivity index (χ3n) is 8.11. The highest BCUT2D eigenvalue weighted by Crippen LogP contribution is 2.31. The summed E-state index contributed by atoms with van der Waals surface area (Å²) in [4.78, 5) is 67.5. The Morgan fingerprint density at radius 2 is 0.789 bits per heavy atom. The summed E-state index contributed by atoms with van der Waals surface area (Å²) in [5, 5.41) is 0. The second kappa shape index (κ2) is 26.2. The van der Waals surface area contributed by atoms with Crippen LogP contribution < -0.4 is 0 Å². The number of esters is 6. The van der Waals surface area contributed by atoms with Crippen LogP contribution in [-0.2, 0) is 57.2 Å². The normalized spacial score (nSPS) is 14.5. The minimum absolute atomic E-state index is 0. The van der Waals surface area contributed by atoms with Gasteiger partial charge in [0.25, 0.3) is 0 Å². The third-order valence-corrected chi connectivity index (χ3v) is 8.11. The second-order valence-electron chi connectivity index (χ2n) is 12.9. The van der Waals surface area contributed by atoms with Crippen molar-refractivity contribution in [2.45, 2.75) is 157 Å². The lowest BCUT2D eigenvalue weighted by Gasteiger charge is -2.28. The maximum atomic E-state index is 13.7. The molecule has 0 aromatic rings. The molecule has 0 fully saturated rings. The summed E-state index contributed by atoms with van der Waals surface area (Å²) in [7, 11) is 1.72. The summed E-state index contributed by atoms with van der Waals surface area (Å²) in [6.45, 7) is 13.2. The van der Waals surface area contributed by atoms with Gasteiger partial charge in [-0.1, -0.05) is 62.8 Å². The summed E-state index contributed by atoms with van der Waals surface area (Å²) in [5.41, 5.74) is -0.861. The van der Waals surface area contributed by atoms with E-state index in [1.807, 2.05) is 0 Å². The van der Waals surface area contributed by atoms with Gasteiger partial charge in [-0.3, -0.25) is 14.4 Å². The molecule has 0 radical (unpaired) electrons. The molecular weight excluding hydrogens is 795 g/mol. The summed E-state index contributed by atoms with van der Waals surface area (Å²) >= 11 is 0. The van der Waals surface area contributed by atoms with E-state index < -0.39 is 108 Å². The predicted octanol–water partition coefficient (Wildman–Crippen LogP) is 8.45. The number of methoxy groups -OCH3 is 2. The van der Waals surface area contributed by atoms with Crippen LogP contribution in [0.1, 0.15) is 115 Å². The highest BCUT2D eigenvalue weighted by Gasteiger charge is 2.53. The molecule has 0 aromatic heterocycles. The molecule has 57 heavy (non-hydrogen) atoms. The van der Waals surface area contributed by atoms with Gasteiger partial charge in [-0.15, -0.1) is 0 Å². The number of hydrogen-bond donors (Lipinski definition) is 0. The summed E-state index contributed by atoms with van der Waals surface area (Å²) < 4.78 is 142. The minimum atomic E-state index is -4.92. The first-order chi connectivity index (χ1) is 25.4. The van der Waals surface area contributed by atoms with Crippen LogP contribution in [-0.4, -0.2) is 98.9 Å². The van der Waals surface area contributed by atoms with Gasteiger partial charge in [-0.25, -0.2) is 14.4 Å². The van der Waals surface area contributed by atoms with Crippen molar-refractivity contribution in [2.75, 3.05) is 20.8 Å². The van der Waals surface area contributed by atoms with Crippen molar-refractivity contribution in [3.63, 3.8) is 0 Å². The minimum Gasteiger partial charge on any atom is -0.464 e. The molecule has 0 N–H and O–H groups in total. The summed E-state index contributed by atoms with van der Waals surface area (Å²) in [6.07, 6.45) is -10.2. The van der Waals surface area contributed by atoms with Crippen molar-refractivity contribution in [3.05, 3.63) is 0 Å². The molecule has 338 valence electrons. The fourth-order valence-corrected chi connectivity index (χ4v) is 3.43. The highest BCUT2D eigenvalue weighted by molar-refractivity contribution is 5.81. The zero-order valence-electron chi connectivity index (χ0n) is 33.6. The lowest BCUT2D eigenvalue weighted by molar-refractivity contribution is -0.218. The number of carbonyl (C=O) groups excluding carboxylic acids is 6. The van der Waals surface area contributed by atoms with E-state index in [1.165, 1.54) is 27.7 Å². The molecule has 5 atom stereocenters.